The number of amides is 1. The maximum atomic E-state index is 14.7. The molecule has 0 fully saturated rings. The molecular formula is C21H26ClF2NO2S2. The fourth-order valence-corrected chi connectivity index (χ4v) is 5.06. The maximum absolute atomic E-state index is 14.7. The second-order valence-corrected chi connectivity index (χ2v) is 10.5. The zero-order chi connectivity index (χ0) is 22.1. The van der Waals surface area contributed by atoms with Crippen LogP contribution in [-0.2, 0) is 16.8 Å². The SMILES string of the molecule is CC(C)c1c(F)c(Cl)c(F)c(C(C)C)c1CC(=O)NSc1cc(C(C)(C)O)cs1. The smallest absolute Gasteiger partial charge is 0.234 e. The van der Waals surface area contributed by atoms with Crippen molar-refractivity contribution in [3.8, 4) is 0 Å². The van der Waals surface area contributed by atoms with Crippen molar-refractivity contribution >= 4 is 40.8 Å². The number of carbonyl (C=O) groups is 1. The summed E-state index contributed by atoms with van der Waals surface area (Å²) in [6, 6.07) is 1.80. The van der Waals surface area contributed by atoms with E-state index in [2.05, 4.69) is 4.72 Å². The van der Waals surface area contributed by atoms with Crippen LogP contribution in [0.5, 0.6) is 0 Å². The normalized spacial score (nSPS) is 12.1. The van der Waals surface area contributed by atoms with Gasteiger partial charge in [-0.05, 0) is 71.3 Å². The van der Waals surface area contributed by atoms with Crippen molar-refractivity contribution in [3.63, 3.8) is 0 Å². The first kappa shape index (κ1) is 24.1. The average molecular weight is 462 g/mol. The summed E-state index contributed by atoms with van der Waals surface area (Å²) < 4.78 is 32.9. The lowest BCUT2D eigenvalue weighted by molar-refractivity contribution is -0.118. The van der Waals surface area contributed by atoms with Gasteiger partial charge in [-0.3, -0.25) is 9.52 Å². The number of aliphatic hydroxyl groups is 1. The second-order valence-electron chi connectivity index (χ2n) is 8.07. The summed E-state index contributed by atoms with van der Waals surface area (Å²) in [7, 11) is 0. The average Bonchev–Trinajstić information content (AvgIpc) is 3.07. The minimum absolute atomic E-state index is 0.150. The Labute approximate surface area is 184 Å². The fraction of sp³-hybridized carbons (Fsp3) is 0.476. The molecule has 0 atom stereocenters. The molecule has 0 aliphatic rings. The molecule has 0 aliphatic carbocycles. The highest BCUT2D eigenvalue weighted by molar-refractivity contribution is 7.99. The van der Waals surface area contributed by atoms with E-state index < -0.39 is 22.3 Å². The summed E-state index contributed by atoms with van der Waals surface area (Å²) in [4.78, 5) is 12.6. The van der Waals surface area contributed by atoms with Gasteiger partial charge < -0.3 is 5.11 Å². The number of nitrogens with one attached hydrogen (secondary N) is 1. The molecule has 29 heavy (non-hydrogen) atoms. The van der Waals surface area contributed by atoms with E-state index in [9.17, 15) is 18.7 Å². The first-order chi connectivity index (χ1) is 13.3. The Bertz CT molecular complexity index is 870. The fourth-order valence-electron chi connectivity index (χ4n) is 3.13. The molecule has 0 saturated heterocycles. The third-order valence-corrected chi connectivity index (χ3v) is 6.79. The molecule has 0 bridgehead atoms. The molecule has 160 valence electrons. The lowest BCUT2D eigenvalue weighted by atomic mass is 9.86. The third-order valence-electron chi connectivity index (χ3n) is 4.55. The van der Waals surface area contributed by atoms with E-state index in [0.717, 1.165) is 21.7 Å². The summed E-state index contributed by atoms with van der Waals surface area (Å²) in [5, 5.41) is 11.3. The molecule has 2 rings (SSSR count). The Morgan fingerprint density at radius 3 is 2.14 bits per heavy atom. The summed E-state index contributed by atoms with van der Waals surface area (Å²) in [5.41, 5.74) is 0.707. The largest absolute Gasteiger partial charge is 0.386 e. The van der Waals surface area contributed by atoms with Gasteiger partial charge in [-0.15, -0.1) is 11.3 Å². The van der Waals surface area contributed by atoms with Crippen LogP contribution in [0.2, 0.25) is 5.02 Å². The number of halogens is 3. The number of thiophene rings is 1. The van der Waals surface area contributed by atoms with Gasteiger partial charge in [0.15, 0.2) is 0 Å². The number of benzene rings is 1. The molecule has 1 heterocycles. The molecule has 0 aliphatic heterocycles. The molecule has 1 aromatic heterocycles. The van der Waals surface area contributed by atoms with Crippen LogP contribution in [0.1, 0.15) is 75.6 Å². The van der Waals surface area contributed by atoms with E-state index in [1.807, 2.05) is 5.38 Å². The highest BCUT2D eigenvalue weighted by atomic mass is 35.5. The number of rotatable bonds is 7. The van der Waals surface area contributed by atoms with Crippen LogP contribution >= 0.6 is 34.9 Å². The van der Waals surface area contributed by atoms with Gasteiger partial charge in [0.25, 0.3) is 0 Å². The molecule has 3 nitrogen and oxygen atoms in total. The van der Waals surface area contributed by atoms with Crippen molar-refractivity contribution in [2.75, 3.05) is 0 Å². The molecule has 0 spiro atoms. The predicted octanol–water partition coefficient (Wildman–Crippen LogP) is 6.52. The molecule has 0 unspecified atom stereocenters. The van der Waals surface area contributed by atoms with E-state index in [-0.39, 0.29) is 35.3 Å². The summed E-state index contributed by atoms with van der Waals surface area (Å²) >= 11 is 8.41. The molecule has 2 aromatic rings. The Morgan fingerprint density at radius 2 is 1.72 bits per heavy atom. The quantitative estimate of drug-likeness (QED) is 0.364. The Balaban J connectivity index is 2.28. The maximum Gasteiger partial charge on any atom is 0.234 e. The summed E-state index contributed by atoms with van der Waals surface area (Å²) in [5.74, 6) is -2.47. The Kier molecular flexibility index (Phi) is 7.76. The van der Waals surface area contributed by atoms with Crippen LogP contribution in [0.15, 0.2) is 15.7 Å². The highest BCUT2D eigenvalue weighted by Gasteiger charge is 2.27. The van der Waals surface area contributed by atoms with Gasteiger partial charge in [-0.1, -0.05) is 39.3 Å². The van der Waals surface area contributed by atoms with Gasteiger partial charge >= 0.3 is 0 Å². The van der Waals surface area contributed by atoms with Crippen LogP contribution < -0.4 is 4.72 Å². The van der Waals surface area contributed by atoms with Crippen molar-refractivity contribution in [1.29, 1.82) is 0 Å². The van der Waals surface area contributed by atoms with Gasteiger partial charge in [0.2, 0.25) is 5.91 Å². The van der Waals surface area contributed by atoms with Crippen molar-refractivity contribution in [2.45, 2.75) is 69.6 Å². The molecule has 1 aromatic carbocycles. The monoisotopic (exact) mass is 461 g/mol. The highest BCUT2D eigenvalue weighted by Crippen LogP contribution is 2.38. The molecule has 1 amide bonds. The number of hydrogen-bond acceptors (Lipinski definition) is 4. The van der Waals surface area contributed by atoms with Crippen molar-refractivity contribution in [1.82, 2.24) is 4.72 Å². The van der Waals surface area contributed by atoms with Crippen LogP contribution in [0, 0.1) is 11.6 Å². The zero-order valence-corrected chi connectivity index (χ0v) is 19.7. The van der Waals surface area contributed by atoms with E-state index in [4.69, 9.17) is 11.6 Å². The predicted molar refractivity (Wildman–Crippen MR) is 117 cm³/mol. The van der Waals surface area contributed by atoms with Crippen molar-refractivity contribution in [2.24, 2.45) is 0 Å². The van der Waals surface area contributed by atoms with Gasteiger partial charge in [0.1, 0.15) is 16.7 Å². The molecular weight excluding hydrogens is 436 g/mol. The number of carbonyl (C=O) groups excluding carboxylic acids is 1. The third kappa shape index (κ3) is 5.51. The summed E-state index contributed by atoms with van der Waals surface area (Å²) in [6.07, 6.45) is -0.150. The van der Waals surface area contributed by atoms with Crippen molar-refractivity contribution < 1.29 is 18.7 Å². The van der Waals surface area contributed by atoms with E-state index in [1.54, 1.807) is 47.6 Å². The van der Waals surface area contributed by atoms with Crippen molar-refractivity contribution in [3.05, 3.63) is 50.4 Å². The minimum atomic E-state index is -0.962. The second kappa shape index (κ2) is 9.33. The van der Waals surface area contributed by atoms with Gasteiger partial charge in [0, 0.05) is 0 Å². The Hall–Kier alpha value is -1.15. The molecule has 8 heteroatoms. The topological polar surface area (TPSA) is 49.3 Å². The standard InChI is InChI=1S/C21H26ClF2NO2S2/c1-10(2)16-13(17(11(3)4)20(24)18(22)19(16)23)8-14(26)25-29-15-7-12(9-28-15)21(5,6)27/h7,9-11,27H,8H2,1-6H3,(H,25,26). The van der Waals surface area contributed by atoms with Gasteiger partial charge in [-0.25, -0.2) is 8.78 Å². The van der Waals surface area contributed by atoms with E-state index in [0.29, 0.717) is 5.56 Å². The lowest BCUT2D eigenvalue weighted by Crippen LogP contribution is -2.21. The van der Waals surface area contributed by atoms with Gasteiger partial charge in [-0.2, -0.15) is 0 Å². The van der Waals surface area contributed by atoms with E-state index in [1.165, 1.54) is 11.3 Å². The molecule has 2 N–H and O–H groups in total. The van der Waals surface area contributed by atoms with E-state index >= 15 is 0 Å². The molecule has 0 saturated carbocycles. The zero-order valence-electron chi connectivity index (χ0n) is 17.3. The lowest BCUT2D eigenvalue weighted by Gasteiger charge is -2.22. The first-order valence-corrected chi connectivity index (χ1v) is 11.4. The van der Waals surface area contributed by atoms with Crippen LogP contribution in [0.3, 0.4) is 0 Å². The van der Waals surface area contributed by atoms with Crippen LogP contribution in [-0.4, -0.2) is 11.0 Å². The molecule has 0 radical (unpaired) electrons. The van der Waals surface area contributed by atoms with Crippen LogP contribution in [0.25, 0.3) is 0 Å². The first-order valence-electron chi connectivity index (χ1n) is 9.30. The number of hydrogen-bond donors (Lipinski definition) is 2. The minimum Gasteiger partial charge on any atom is -0.386 e. The summed E-state index contributed by atoms with van der Waals surface area (Å²) in [6.45, 7) is 10.5. The Morgan fingerprint density at radius 1 is 1.21 bits per heavy atom. The van der Waals surface area contributed by atoms with Gasteiger partial charge in [0.05, 0.1) is 16.2 Å². The van der Waals surface area contributed by atoms with Crippen LogP contribution in [0.4, 0.5) is 8.78 Å².